The lowest BCUT2D eigenvalue weighted by Gasteiger charge is -2.13. The van der Waals surface area contributed by atoms with Gasteiger partial charge in [-0.15, -0.1) is 23.2 Å². The Bertz CT molecular complexity index is 933. The van der Waals surface area contributed by atoms with Crippen molar-refractivity contribution in [3.8, 4) is 5.69 Å². The molecule has 0 bridgehead atoms. The van der Waals surface area contributed by atoms with Gasteiger partial charge in [0.25, 0.3) is 0 Å². The molecule has 2 aromatic carbocycles. The number of para-hydroxylation sites is 2. The van der Waals surface area contributed by atoms with Crippen molar-refractivity contribution in [2.45, 2.75) is 17.7 Å². The zero-order chi connectivity index (χ0) is 16.9. The lowest BCUT2D eigenvalue weighted by Crippen LogP contribution is -2.25. The zero-order valence-corrected chi connectivity index (χ0v) is 14.5. The molecule has 1 fully saturated rings. The number of aromatic nitrogens is 2. The number of fused-ring (bicyclic) bond motifs is 1. The molecule has 1 N–H and O–H groups in total. The van der Waals surface area contributed by atoms with Gasteiger partial charge >= 0.3 is 0 Å². The van der Waals surface area contributed by atoms with Gasteiger partial charge in [0.1, 0.15) is 10.7 Å². The smallest absolute Gasteiger partial charge is 0.233 e. The van der Waals surface area contributed by atoms with E-state index in [4.69, 9.17) is 23.2 Å². The van der Waals surface area contributed by atoms with Crippen LogP contribution in [0.15, 0.2) is 54.9 Å². The minimum absolute atomic E-state index is 0.159. The summed E-state index contributed by atoms with van der Waals surface area (Å²) < 4.78 is 1.04. The van der Waals surface area contributed by atoms with Crippen molar-refractivity contribution in [3.05, 3.63) is 54.9 Å². The third-order valence-electron chi connectivity index (χ3n) is 4.62. The molecule has 0 radical (unpaired) electrons. The summed E-state index contributed by atoms with van der Waals surface area (Å²) in [6.07, 6.45) is 2.26. The first-order valence-corrected chi connectivity index (χ1v) is 8.38. The van der Waals surface area contributed by atoms with Crippen LogP contribution in [0.5, 0.6) is 0 Å². The van der Waals surface area contributed by atoms with Crippen molar-refractivity contribution in [3.63, 3.8) is 0 Å². The van der Waals surface area contributed by atoms with Crippen LogP contribution in [0, 0.1) is 5.41 Å². The molecule has 24 heavy (non-hydrogen) atoms. The Morgan fingerprint density at radius 1 is 1.17 bits per heavy atom. The molecule has 1 aromatic heterocycles. The van der Waals surface area contributed by atoms with Crippen LogP contribution in [-0.2, 0) is 4.79 Å². The summed E-state index contributed by atoms with van der Waals surface area (Å²) in [6, 6.07) is 15.5. The van der Waals surface area contributed by atoms with Gasteiger partial charge in [-0.1, -0.05) is 12.1 Å². The van der Waals surface area contributed by atoms with E-state index in [2.05, 4.69) is 10.3 Å². The standard InChI is InChI=1S/C18H15Cl2N3O/c1-17(10-18(17,19)20)16(24)22-12-6-8-13(9-7-12)23-11-21-14-4-2-3-5-15(14)23/h2-9,11H,10H2,1H3,(H,22,24). The van der Waals surface area contributed by atoms with Crippen molar-refractivity contribution in [2.75, 3.05) is 5.32 Å². The third kappa shape index (κ3) is 2.38. The quantitative estimate of drug-likeness (QED) is 0.697. The second kappa shape index (κ2) is 5.23. The number of carbonyl (C=O) groups excluding carboxylic acids is 1. The molecule has 1 atom stereocenters. The number of amides is 1. The lowest BCUT2D eigenvalue weighted by molar-refractivity contribution is -0.120. The molecular formula is C18H15Cl2N3O. The SMILES string of the molecule is CC1(C(=O)Nc2ccc(-n3cnc4ccccc43)cc2)CC1(Cl)Cl. The van der Waals surface area contributed by atoms with Crippen LogP contribution in [-0.4, -0.2) is 19.8 Å². The van der Waals surface area contributed by atoms with Gasteiger partial charge < -0.3 is 5.32 Å². The van der Waals surface area contributed by atoms with Crippen LogP contribution in [0.2, 0.25) is 0 Å². The number of rotatable bonds is 3. The molecule has 122 valence electrons. The Morgan fingerprint density at radius 2 is 1.83 bits per heavy atom. The number of nitrogens with zero attached hydrogens (tertiary/aromatic N) is 2. The summed E-state index contributed by atoms with van der Waals surface area (Å²) in [5.41, 5.74) is 2.94. The highest BCUT2D eigenvalue weighted by molar-refractivity contribution is 6.53. The summed E-state index contributed by atoms with van der Waals surface area (Å²) in [4.78, 5) is 16.7. The van der Waals surface area contributed by atoms with Crippen molar-refractivity contribution in [1.82, 2.24) is 9.55 Å². The number of halogens is 2. The van der Waals surface area contributed by atoms with E-state index >= 15 is 0 Å². The fourth-order valence-corrected chi connectivity index (χ4v) is 3.49. The number of carbonyl (C=O) groups is 1. The number of benzene rings is 2. The van der Waals surface area contributed by atoms with Gasteiger partial charge in [-0.05, 0) is 49.7 Å². The molecule has 1 unspecified atom stereocenters. The van der Waals surface area contributed by atoms with Crippen LogP contribution < -0.4 is 5.32 Å². The Kier molecular flexibility index (Phi) is 3.37. The van der Waals surface area contributed by atoms with E-state index in [-0.39, 0.29) is 5.91 Å². The Balaban J connectivity index is 1.56. The van der Waals surface area contributed by atoms with Crippen LogP contribution in [0.3, 0.4) is 0 Å². The Labute approximate surface area is 149 Å². The zero-order valence-electron chi connectivity index (χ0n) is 13.0. The molecule has 1 aliphatic rings. The minimum Gasteiger partial charge on any atom is -0.326 e. The number of alkyl halides is 2. The molecule has 0 aliphatic heterocycles. The maximum Gasteiger partial charge on any atom is 0.233 e. The Morgan fingerprint density at radius 3 is 2.50 bits per heavy atom. The van der Waals surface area contributed by atoms with Crippen molar-refractivity contribution in [1.29, 1.82) is 0 Å². The van der Waals surface area contributed by atoms with Crippen LogP contribution in [0.25, 0.3) is 16.7 Å². The summed E-state index contributed by atoms with van der Waals surface area (Å²) in [5, 5.41) is 2.88. The highest BCUT2D eigenvalue weighted by Crippen LogP contribution is 2.64. The fourth-order valence-electron chi connectivity index (χ4n) is 2.79. The van der Waals surface area contributed by atoms with Gasteiger partial charge in [0.15, 0.2) is 0 Å². The second-order valence-corrected chi connectivity index (χ2v) is 7.80. The molecule has 6 heteroatoms. The van der Waals surface area contributed by atoms with E-state index in [1.807, 2.05) is 53.1 Å². The van der Waals surface area contributed by atoms with Crippen LogP contribution in [0.1, 0.15) is 13.3 Å². The van der Waals surface area contributed by atoms with Crippen molar-refractivity contribution < 1.29 is 4.79 Å². The molecule has 1 aliphatic carbocycles. The number of anilines is 1. The highest BCUT2D eigenvalue weighted by atomic mass is 35.5. The largest absolute Gasteiger partial charge is 0.326 e. The second-order valence-electron chi connectivity index (χ2n) is 6.32. The van der Waals surface area contributed by atoms with E-state index < -0.39 is 9.75 Å². The Hall–Kier alpha value is -2.04. The predicted octanol–water partition coefficient (Wildman–Crippen LogP) is 4.55. The van der Waals surface area contributed by atoms with E-state index in [1.54, 1.807) is 13.3 Å². The summed E-state index contributed by atoms with van der Waals surface area (Å²) >= 11 is 12.1. The third-order valence-corrected chi connectivity index (χ3v) is 5.72. The number of hydrogen-bond donors (Lipinski definition) is 1. The molecule has 3 aromatic rings. The monoisotopic (exact) mass is 359 g/mol. The average Bonchev–Trinajstić information content (AvgIpc) is 2.92. The van der Waals surface area contributed by atoms with E-state index in [1.165, 1.54) is 0 Å². The molecule has 1 saturated carbocycles. The van der Waals surface area contributed by atoms with Gasteiger partial charge in [-0.3, -0.25) is 9.36 Å². The van der Waals surface area contributed by atoms with Crippen LogP contribution >= 0.6 is 23.2 Å². The number of imidazole rings is 1. The maximum atomic E-state index is 12.3. The molecule has 1 heterocycles. The highest BCUT2D eigenvalue weighted by Gasteiger charge is 2.67. The van der Waals surface area contributed by atoms with Crippen LogP contribution in [0.4, 0.5) is 5.69 Å². The van der Waals surface area contributed by atoms with Gasteiger partial charge in [-0.2, -0.15) is 0 Å². The number of hydrogen-bond acceptors (Lipinski definition) is 2. The number of nitrogens with one attached hydrogen (secondary N) is 1. The lowest BCUT2D eigenvalue weighted by atomic mass is 10.1. The molecule has 0 spiro atoms. The first-order valence-electron chi connectivity index (χ1n) is 7.63. The van der Waals surface area contributed by atoms with Crippen molar-refractivity contribution >= 4 is 45.8 Å². The van der Waals surface area contributed by atoms with E-state index in [0.717, 1.165) is 16.7 Å². The molecule has 4 nitrogen and oxygen atoms in total. The fraction of sp³-hybridized carbons (Fsp3) is 0.222. The maximum absolute atomic E-state index is 12.3. The predicted molar refractivity (Wildman–Crippen MR) is 96.9 cm³/mol. The van der Waals surface area contributed by atoms with E-state index in [0.29, 0.717) is 12.1 Å². The van der Waals surface area contributed by atoms with Gasteiger partial charge in [0, 0.05) is 11.4 Å². The van der Waals surface area contributed by atoms with Gasteiger partial charge in [0.2, 0.25) is 5.91 Å². The summed E-state index contributed by atoms with van der Waals surface area (Å²) in [7, 11) is 0. The molecule has 0 saturated heterocycles. The molecule has 1 amide bonds. The summed E-state index contributed by atoms with van der Waals surface area (Å²) in [6.45, 7) is 1.77. The molecule has 4 rings (SSSR count). The van der Waals surface area contributed by atoms with Gasteiger partial charge in [0.05, 0.1) is 16.4 Å². The van der Waals surface area contributed by atoms with E-state index in [9.17, 15) is 4.79 Å². The minimum atomic E-state index is -0.966. The van der Waals surface area contributed by atoms with Crippen molar-refractivity contribution in [2.24, 2.45) is 5.41 Å². The molecular weight excluding hydrogens is 345 g/mol. The normalized spacial score (nSPS) is 21.6. The van der Waals surface area contributed by atoms with Gasteiger partial charge in [-0.25, -0.2) is 4.98 Å². The first-order chi connectivity index (χ1) is 11.4. The summed E-state index contributed by atoms with van der Waals surface area (Å²) in [5.74, 6) is -0.159. The topological polar surface area (TPSA) is 46.9 Å². The average molecular weight is 360 g/mol. The first kappa shape index (κ1) is 15.5.